The summed E-state index contributed by atoms with van der Waals surface area (Å²) in [6.45, 7) is 6.96. The Balaban J connectivity index is 2.12. The number of amides is 2. The molecule has 0 bridgehead atoms. The van der Waals surface area contributed by atoms with Gasteiger partial charge in [-0.2, -0.15) is 12.6 Å². The molecular weight excluding hydrogens is 270 g/mol. The highest BCUT2D eigenvalue weighted by Crippen LogP contribution is 2.45. The van der Waals surface area contributed by atoms with Crippen molar-refractivity contribution in [1.82, 2.24) is 4.90 Å². The lowest BCUT2D eigenvalue weighted by Gasteiger charge is -2.34. The van der Waals surface area contributed by atoms with Crippen LogP contribution < -0.4 is 0 Å². The van der Waals surface area contributed by atoms with E-state index in [4.69, 9.17) is 0 Å². The molecule has 4 heteroatoms. The zero-order chi connectivity index (χ0) is 14.9. The fourth-order valence-electron chi connectivity index (χ4n) is 3.77. The van der Waals surface area contributed by atoms with Crippen LogP contribution in [0, 0.1) is 23.2 Å². The van der Waals surface area contributed by atoms with Gasteiger partial charge in [0.25, 0.3) is 0 Å². The van der Waals surface area contributed by atoms with E-state index in [9.17, 15) is 9.59 Å². The molecule has 1 heterocycles. The van der Waals surface area contributed by atoms with Gasteiger partial charge in [-0.05, 0) is 42.8 Å². The third-order valence-corrected chi connectivity index (χ3v) is 6.40. The summed E-state index contributed by atoms with van der Waals surface area (Å²) < 4.78 is 0. The van der Waals surface area contributed by atoms with Gasteiger partial charge < -0.3 is 0 Å². The second kappa shape index (κ2) is 6.08. The van der Waals surface area contributed by atoms with Crippen molar-refractivity contribution in [3.8, 4) is 0 Å². The summed E-state index contributed by atoms with van der Waals surface area (Å²) in [4.78, 5) is 26.7. The minimum atomic E-state index is -0.0289. The van der Waals surface area contributed by atoms with Crippen molar-refractivity contribution in [2.75, 3.05) is 12.3 Å². The van der Waals surface area contributed by atoms with Gasteiger partial charge in [0.15, 0.2) is 0 Å². The van der Waals surface area contributed by atoms with Gasteiger partial charge in [0.2, 0.25) is 11.8 Å². The largest absolute Gasteiger partial charge is 0.282 e. The number of nitrogens with zero attached hydrogens (tertiary/aromatic N) is 1. The number of hydrogen-bond acceptors (Lipinski definition) is 3. The lowest BCUT2D eigenvalue weighted by molar-refractivity contribution is -0.142. The van der Waals surface area contributed by atoms with E-state index in [0.29, 0.717) is 12.5 Å². The van der Waals surface area contributed by atoms with Crippen LogP contribution in [0.5, 0.6) is 0 Å². The summed E-state index contributed by atoms with van der Waals surface area (Å²) in [5.74, 6) is 1.40. The Bertz CT molecular complexity index is 360. The molecule has 2 unspecified atom stereocenters. The molecular formula is C16H27NO2S. The minimum absolute atomic E-state index is 0.0166. The van der Waals surface area contributed by atoms with Crippen LogP contribution in [0.4, 0.5) is 0 Å². The molecule has 0 aromatic carbocycles. The minimum Gasteiger partial charge on any atom is -0.282 e. The Morgan fingerprint density at radius 1 is 1.10 bits per heavy atom. The SMILES string of the molecule is CCC1CC2C(=O)N(CC(CC)(CC)CS)C(=O)C2C1. The van der Waals surface area contributed by atoms with Gasteiger partial charge in [0.1, 0.15) is 0 Å². The summed E-state index contributed by atoms with van der Waals surface area (Å²) in [5.41, 5.74) is -0.0166. The zero-order valence-electron chi connectivity index (χ0n) is 12.9. The van der Waals surface area contributed by atoms with Crippen molar-refractivity contribution in [2.24, 2.45) is 23.2 Å². The third-order valence-electron chi connectivity index (χ3n) is 5.73. The zero-order valence-corrected chi connectivity index (χ0v) is 13.8. The van der Waals surface area contributed by atoms with Crippen molar-refractivity contribution >= 4 is 24.4 Å². The van der Waals surface area contributed by atoms with Crippen LogP contribution in [0.25, 0.3) is 0 Å². The van der Waals surface area contributed by atoms with E-state index in [2.05, 4.69) is 33.4 Å². The first-order valence-corrected chi connectivity index (χ1v) is 8.61. The molecule has 0 N–H and O–H groups in total. The number of likely N-dealkylation sites (tertiary alicyclic amines) is 1. The number of carbonyl (C=O) groups is 2. The van der Waals surface area contributed by atoms with Crippen LogP contribution in [0.3, 0.4) is 0 Å². The van der Waals surface area contributed by atoms with E-state index in [-0.39, 0.29) is 29.1 Å². The van der Waals surface area contributed by atoms with Gasteiger partial charge >= 0.3 is 0 Å². The Labute approximate surface area is 127 Å². The molecule has 0 spiro atoms. The van der Waals surface area contributed by atoms with Crippen LogP contribution in [0.2, 0.25) is 0 Å². The normalized spacial score (nSPS) is 30.2. The quantitative estimate of drug-likeness (QED) is 0.604. The molecule has 0 aromatic heterocycles. The highest BCUT2D eigenvalue weighted by atomic mass is 32.1. The maximum absolute atomic E-state index is 12.6. The van der Waals surface area contributed by atoms with Gasteiger partial charge in [0, 0.05) is 6.54 Å². The van der Waals surface area contributed by atoms with E-state index in [0.717, 1.165) is 37.9 Å². The van der Waals surface area contributed by atoms with Crippen molar-refractivity contribution in [1.29, 1.82) is 0 Å². The van der Waals surface area contributed by atoms with E-state index in [1.165, 1.54) is 0 Å². The van der Waals surface area contributed by atoms with Crippen molar-refractivity contribution in [3.63, 3.8) is 0 Å². The number of carbonyl (C=O) groups excluding carboxylic acids is 2. The van der Waals surface area contributed by atoms with Crippen LogP contribution in [0.15, 0.2) is 0 Å². The summed E-state index contributed by atoms with van der Waals surface area (Å²) in [5, 5.41) is 0. The molecule has 2 aliphatic rings. The molecule has 1 aliphatic heterocycles. The predicted molar refractivity (Wildman–Crippen MR) is 83.6 cm³/mol. The van der Waals surface area contributed by atoms with Crippen LogP contribution in [0.1, 0.15) is 52.9 Å². The fraction of sp³-hybridized carbons (Fsp3) is 0.875. The predicted octanol–water partition coefficient (Wildman–Crippen LogP) is 3.14. The van der Waals surface area contributed by atoms with E-state index < -0.39 is 0 Å². The summed E-state index contributed by atoms with van der Waals surface area (Å²) in [7, 11) is 0. The second-order valence-corrected chi connectivity index (χ2v) is 6.90. The first-order chi connectivity index (χ1) is 9.51. The van der Waals surface area contributed by atoms with Gasteiger partial charge in [-0.1, -0.05) is 27.2 Å². The van der Waals surface area contributed by atoms with Gasteiger partial charge in [-0.3, -0.25) is 14.5 Å². The maximum Gasteiger partial charge on any atom is 0.233 e. The number of thiol groups is 1. The Kier molecular flexibility index (Phi) is 4.83. The first kappa shape index (κ1) is 15.9. The summed E-state index contributed by atoms with van der Waals surface area (Å²) in [6.07, 6.45) is 4.81. The fourth-order valence-corrected chi connectivity index (χ4v) is 4.32. The number of hydrogen-bond donors (Lipinski definition) is 1. The molecule has 0 aromatic rings. The van der Waals surface area contributed by atoms with E-state index in [1.54, 1.807) is 4.90 Å². The lowest BCUT2D eigenvalue weighted by Crippen LogP contribution is -2.42. The van der Waals surface area contributed by atoms with Crippen LogP contribution >= 0.6 is 12.6 Å². The standard InChI is InChI=1S/C16H27NO2S/c1-4-11-7-12-13(8-11)15(19)17(14(12)18)9-16(5-2,6-3)10-20/h11-13,20H,4-10H2,1-3H3. The van der Waals surface area contributed by atoms with Crippen LogP contribution in [-0.4, -0.2) is 29.0 Å². The molecule has 2 atom stereocenters. The Hall–Kier alpha value is -0.510. The molecule has 1 aliphatic carbocycles. The van der Waals surface area contributed by atoms with Crippen molar-refractivity contribution in [3.05, 3.63) is 0 Å². The molecule has 0 radical (unpaired) electrons. The molecule has 2 rings (SSSR count). The number of rotatable bonds is 6. The highest BCUT2D eigenvalue weighted by Gasteiger charge is 2.53. The monoisotopic (exact) mass is 297 g/mol. The van der Waals surface area contributed by atoms with Crippen molar-refractivity contribution < 1.29 is 9.59 Å². The average molecular weight is 297 g/mol. The van der Waals surface area contributed by atoms with E-state index >= 15 is 0 Å². The van der Waals surface area contributed by atoms with Gasteiger partial charge in [0.05, 0.1) is 11.8 Å². The molecule has 114 valence electrons. The summed E-state index contributed by atoms with van der Waals surface area (Å²) in [6, 6.07) is 0. The first-order valence-electron chi connectivity index (χ1n) is 7.98. The van der Waals surface area contributed by atoms with Crippen molar-refractivity contribution in [2.45, 2.75) is 52.9 Å². The molecule has 2 amide bonds. The highest BCUT2D eigenvalue weighted by molar-refractivity contribution is 7.80. The number of fused-ring (bicyclic) bond motifs is 1. The molecule has 20 heavy (non-hydrogen) atoms. The topological polar surface area (TPSA) is 37.4 Å². The van der Waals surface area contributed by atoms with Gasteiger partial charge in [-0.15, -0.1) is 0 Å². The lowest BCUT2D eigenvalue weighted by atomic mass is 9.83. The molecule has 1 saturated heterocycles. The average Bonchev–Trinajstić information content (AvgIpc) is 2.99. The molecule has 2 fully saturated rings. The third kappa shape index (κ3) is 2.51. The number of imide groups is 1. The summed E-state index contributed by atoms with van der Waals surface area (Å²) >= 11 is 4.46. The Morgan fingerprint density at radius 2 is 1.60 bits per heavy atom. The Morgan fingerprint density at radius 3 is 1.95 bits per heavy atom. The van der Waals surface area contributed by atoms with Crippen LogP contribution in [-0.2, 0) is 9.59 Å². The molecule has 1 saturated carbocycles. The molecule has 3 nitrogen and oxygen atoms in total. The van der Waals surface area contributed by atoms with E-state index in [1.807, 2.05) is 0 Å². The smallest absolute Gasteiger partial charge is 0.233 e. The second-order valence-electron chi connectivity index (χ2n) is 6.59. The maximum atomic E-state index is 12.6. The van der Waals surface area contributed by atoms with Gasteiger partial charge in [-0.25, -0.2) is 0 Å².